The number of nitrogens with zero attached hydrogens (tertiary/aromatic N) is 2. The van der Waals surface area contributed by atoms with E-state index in [1.807, 2.05) is 74.7 Å². The second-order valence-corrected chi connectivity index (χ2v) is 8.83. The number of carbonyl (C=O) groups excluding carboxylic acids is 1. The topological polar surface area (TPSA) is 72.8 Å². The largest absolute Gasteiger partial charge is 0.490 e. The summed E-state index contributed by atoms with van der Waals surface area (Å²) in [5.74, 6) is 1.39. The van der Waals surface area contributed by atoms with Crippen LogP contribution in [0.5, 0.6) is 11.5 Å². The first-order chi connectivity index (χ1) is 15.0. The second kappa shape index (κ2) is 11.5. The molecular formula is C23H25N3O3S2. The normalized spacial score (nSPS) is 11.1. The highest BCUT2D eigenvalue weighted by Crippen LogP contribution is 2.29. The zero-order valence-corrected chi connectivity index (χ0v) is 19.3. The summed E-state index contributed by atoms with van der Waals surface area (Å²) >= 11 is 2.92. The van der Waals surface area contributed by atoms with Gasteiger partial charge in [0.15, 0.2) is 15.8 Å². The number of thioether (sulfide) groups is 1. The molecule has 31 heavy (non-hydrogen) atoms. The van der Waals surface area contributed by atoms with Gasteiger partial charge < -0.3 is 9.47 Å². The lowest BCUT2D eigenvalue weighted by Crippen LogP contribution is -2.19. The summed E-state index contributed by atoms with van der Waals surface area (Å²) in [7, 11) is 0. The van der Waals surface area contributed by atoms with Crippen molar-refractivity contribution in [2.45, 2.75) is 31.2 Å². The number of rotatable bonds is 10. The van der Waals surface area contributed by atoms with Crippen LogP contribution in [0, 0.1) is 0 Å². The average molecular weight is 456 g/mol. The Balaban J connectivity index is 1.51. The van der Waals surface area contributed by atoms with Crippen LogP contribution in [-0.4, -0.2) is 35.6 Å². The van der Waals surface area contributed by atoms with Crippen LogP contribution < -0.4 is 14.9 Å². The zero-order valence-electron chi connectivity index (χ0n) is 17.7. The molecule has 1 amide bonds. The molecule has 8 heteroatoms. The van der Waals surface area contributed by atoms with Crippen LogP contribution >= 0.6 is 23.1 Å². The summed E-state index contributed by atoms with van der Waals surface area (Å²) in [5.41, 5.74) is 5.34. The van der Waals surface area contributed by atoms with Crippen molar-refractivity contribution in [3.05, 3.63) is 59.5 Å². The maximum absolute atomic E-state index is 12.1. The number of hydrogen-bond donors (Lipinski definition) is 1. The maximum Gasteiger partial charge on any atom is 0.250 e. The molecule has 1 N–H and O–H groups in total. The predicted octanol–water partition coefficient (Wildman–Crippen LogP) is 5.24. The number of nitrogens with one attached hydrogen (secondary N) is 1. The fourth-order valence-electron chi connectivity index (χ4n) is 2.63. The lowest BCUT2D eigenvalue weighted by molar-refractivity contribution is -0.118. The van der Waals surface area contributed by atoms with E-state index in [-0.39, 0.29) is 17.8 Å². The first-order valence-corrected chi connectivity index (χ1v) is 11.8. The molecule has 0 saturated carbocycles. The Hall–Kier alpha value is -2.84. The van der Waals surface area contributed by atoms with Crippen LogP contribution in [0.15, 0.2) is 63.4 Å². The van der Waals surface area contributed by atoms with Crippen molar-refractivity contribution in [3.8, 4) is 22.8 Å². The number of aromatic nitrogens is 1. The average Bonchev–Trinajstić information content (AvgIpc) is 3.24. The van der Waals surface area contributed by atoms with Crippen LogP contribution in [0.1, 0.15) is 26.3 Å². The monoisotopic (exact) mass is 455 g/mol. The molecule has 0 radical (unpaired) electrons. The molecule has 2 aromatic carbocycles. The van der Waals surface area contributed by atoms with Gasteiger partial charge in [-0.2, -0.15) is 5.10 Å². The van der Waals surface area contributed by atoms with Gasteiger partial charge in [0.2, 0.25) is 0 Å². The SMILES string of the molecule is CCOc1cc(/C=N/NC(=O)CSc2nc(-c3ccccc3)cs2)ccc1OC(C)C. The van der Waals surface area contributed by atoms with Crippen molar-refractivity contribution in [2.24, 2.45) is 5.10 Å². The van der Waals surface area contributed by atoms with Gasteiger partial charge in [0, 0.05) is 10.9 Å². The Morgan fingerprint density at radius 3 is 2.77 bits per heavy atom. The lowest BCUT2D eigenvalue weighted by Gasteiger charge is -2.14. The Morgan fingerprint density at radius 1 is 1.23 bits per heavy atom. The Morgan fingerprint density at radius 2 is 2.03 bits per heavy atom. The van der Waals surface area contributed by atoms with Crippen molar-refractivity contribution in [3.63, 3.8) is 0 Å². The number of hydrogen-bond acceptors (Lipinski definition) is 7. The van der Waals surface area contributed by atoms with E-state index in [2.05, 4.69) is 15.5 Å². The van der Waals surface area contributed by atoms with Crippen molar-refractivity contribution in [1.82, 2.24) is 10.4 Å². The van der Waals surface area contributed by atoms with E-state index in [1.54, 1.807) is 6.21 Å². The number of amides is 1. The van der Waals surface area contributed by atoms with Gasteiger partial charge in [-0.1, -0.05) is 42.1 Å². The van der Waals surface area contributed by atoms with Crippen LogP contribution in [-0.2, 0) is 4.79 Å². The van der Waals surface area contributed by atoms with E-state index < -0.39 is 0 Å². The highest BCUT2D eigenvalue weighted by atomic mass is 32.2. The first-order valence-electron chi connectivity index (χ1n) is 9.94. The smallest absolute Gasteiger partial charge is 0.250 e. The molecule has 0 aliphatic carbocycles. The van der Waals surface area contributed by atoms with Crippen molar-refractivity contribution >= 4 is 35.2 Å². The molecular weight excluding hydrogens is 430 g/mol. The minimum absolute atomic E-state index is 0.0529. The van der Waals surface area contributed by atoms with Crippen molar-refractivity contribution < 1.29 is 14.3 Å². The van der Waals surface area contributed by atoms with Crippen LogP contribution in [0.3, 0.4) is 0 Å². The summed E-state index contributed by atoms with van der Waals surface area (Å²) in [6, 6.07) is 15.5. The molecule has 0 aliphatic rings. The molecule has 0 atom stereocenters. The molecule has 1 heterocycles. The van der Waals surface area contributed by atoms with E-state index >= 15 is 0 Å². The molecule has 0 saturated heterocycles. The first kappa shape index (κ1) is 22.8. The van der Waals surface area contributed by atoms with Crippen molar-refractivity contribution in [1.29, 1.82) is 0 Å². The third-order valence-electron chi connectivity index (χ3n) is 3.91. The Bertz CT molecular complexity index is 1020. The quantitative estimate of drug-likeness (QED) is 0.257. The van der Waals surface area contributed by atoms with Gasteiger partial charge in [0.1, 0.15) is 0 Å². The standard InChI is InChI=1S/C23H25N3O3S2/c1-4-28-21-12-17(10-11-20(21)29-16(2)3)13-24-26-22(27)15-31-23-25-19(14-30-23)18-8-6-5-7-9-18/h5-14,16H,4,15H2,1-3H3,(H,26,27)/b24-13+. The van der Waals surface area contributed by atoms with Crippen LogP contribution in [0.4, 0.5) is 0 Å². The number of benzene rings is 2. The molecule has 1 aromatic heterocycles. The van der Waals surface area contributed by atoms with Gasteiger partial charge >= 0.3 is 0 Å². The molecule has 0 spiro atoms. The second-order valence-electron chi connectivity index (χ2n) is 6.75. The lowest BCUT2D eigenvalue weighted by atomic mass is 10.2. The number of hydrazone groups is 1. The Kier molecular flexibility index (Phi) is 8.49. The van der Waals surface area contributed by atoms with E-state index in [9.17, 15) is 4.79 Å². The van der Waals surface area contributed by atoms with E-state index in [1.165, 1.54) is 23.1 Å². The molecule has 0 unspecified atom stereocenters. The van der Waals surface area contributed by atoms with Gasteiger partial charge in [-0.25, -0.2) is 10.4 Å². The van der Waals surface area contributed by atoms with E-state index in [4.69, 9.17) is 9.47 Å². The predicted molar refractivity (Wildman–Crippen MR) is 127 cm³/mol. The summed E-state index contributed by atoms with van der Waals surface area (Å²) in [5, 5.41) is 6.04. The molecule has 3 rings (SSSR count). The van der Waals surface area contributed by atoms with Crippen LogP contribution in [0.2, 0.25) is 0 Å². The zero-order chi connectivity index (χ0) is 22.1. The molecule has 0 fully saturated rings. The highest BCUT2D eigenvalue weighted by molar-refractivity contribution is 8.01. The fourth-order valence-corrected chi connectivity index (χ4v) is 4.26. The van der Waals surface area contributed by atoms with Gasteiger partial charge in [0.05, 0.1) is 30.4 Å². The maximum atomic E-state index is 12.1. The van der Waals surface area contributed by atoms with Gasteiger partial charge in [-0.15, -0.1) is 11.3 Å². The summed E-state index contributed by atoms with van der Waals surface area (Å²) in [6.07, 6.45) is 1.64. The molecule has 6 nitrogen and oxygen atoms in total. The molecule has 3 aromatic rings. The number of ether oxygens (including phenoxy) is 2. The molecule has 0 bridgehead atoms. The van der Waals surface area contributed by atoms with Gasteiger partial charge in [0.25, 0.3) is 5.91 Å². The molecule has 162 valence electrons. The van der Waals surface area contributed by atoms with Crippen molar-refractivity contribution in [2.75, 3.05) is 12.4 Å². The van der Waals surface area contributed by atoms with Gasteiger partial charge in [-0.3, -0.25) is 4.79 Å². The van der Waals surface area contributed by atoms with Gasteiger partial charge in [-0.05, 0) is 44.5 Å². The number of carbonyl (C=O) groups is 1. The fraction of sp³-hybridized carbons (Fsp3) is 0.261. The van der Waals surface area contributed by atoms with Crippen LogP contribution in [0.25, 0.3) is 11.3 Å². The minimum Gasteiger partial charge on any atom is -0.490 e. The summed E-state index contributed by atoms with van der Waals surface area (Å²) < 4.78 is 12.2. The third-order valence-corrected chi connectivity index (χ3v) is 5.93. The van der Waals surface area contributed by atoms with E-state index in [0.717, 1.165) is 21.2 Å². The minimum atomic E-state index is -0.192. The van der Waals surface area contributed by atoms with E-state index in [0.29, 0.717) is 18.1 Å². The Labute approximate surface area is 190 Å². The highest BCUT2D eigenvalue weighted by Gasteiger charge is 2.09. The molecule has 0 aliphatic heterocycles. The number of thiazole rings is 1. The third kappa shape index (κ3) is 7.11. The summed E-state index contributed by atoms with van der Waals surface area (Å²) in [6.45, 7) is 6.38. The summed E-state index contributed by atoms with van der Waals surface area (Å²) in [4.78, 5) is 16.7.